The summed E-state index contributed by atoms with van der Waals surface area (Å²) in [6.07, 6.45) is 2.96. The van der Waals surface area contributed by atoms with E-state index in [1.54, 1.807) is 11.3 Å². The maximum Gasteiger partial charge on any atom is 0.227 e. The van der Waals surface area contributed by atoms with Gasteiger partial charge in [-0.25, -0.2) is 4.98 Å². The van der Waals surface area contributed by atoms with E-state index in [0.29, 0.717) is 11.4 Å². The van der Waals surface area contributed by atoms with Crippen LogP contribution in [-0.4, -0.2) is 60.0 Å². The zero-order valence-electron chi connectivity index (χ0n) is 17.0. The van der Waals surface area contributed by atoms with Gasteiger partial charge in [0.15, 0.2) is 5.13 Å². The SMILES string of the molecule is CC1CCN(Cc2csc(N3CCN(C(=O)Cc4ccccc4Cl)CC3)n2)CC1. The zero-order valence-corrected chi connectivity index (χ0v) is 18.6. The first-order valence-electron chi connectivity index (χ1n) is 10.5. The molecule has 0 spiro atoms. The highest BCUT2D eigenvalue weighted by atomic mass is 35.5. The average molecular weight is 433 g/mol. The van der Waals surface area contributed by atoms with Crippen LogP contribution in [-0.2, 0) is 17.8 Å². The predicted octanol–water partition coefficient (Wildman–Crippen LogP) is 3.92. The topological polar surface area (TPSA) is 39.7 Å². The van der Waals surface area contributed by atoms with E-state index in [9.17, 15) is 4.79 Å². The number of carbonyl (C=O) groups excluding carboxylic acids is 1. The molecule has 0 bridgehead atoms. The molecule has 1 amide bonds. The van der Waals surface area contributed by atoms with Crippen LogP contribution in [0.5, 0.6) is 0 Å². The third kappa shape index (κ3) is 5.30. The van der Waals surface area contributed by atoms with Gasteiger partial charge in [-0.3, -0.25) is 9.69 Å². The molecule has 29 heavy (non-hydrogen) atoms. The number of aromatic nitrogens is 1. The van der Waals surface area contributed by atoms with Gasteiger partial charge < -0.3 is 9.80 Å². The third-order valence-corrected chi connectivity index (χ3v) is 7.32. The van der Waals surface area contributed by atoms with Crippen LogP contribution in [0.1, 0.15) is 31.0 Å². The minimum atomic E-state index is 0.150. The van der Waals surface area contributed by atoms with Crippen LogP contribution >= 0.6 is 22.9 Å². The van der Waals surface area contributed by atoms with Gasteiger partial charge in [0.2, 0.25) is 5.91 Å². The second-order valence-electron chi connectivity index (χ2n) is 8.22. The lowest BCUT2D eigenvalue weighted by Crippen LogP contribution is -2.49. The van der Waals surface area contributed by atoms with Gasteiger partial charge in [0.1, 0.15) is 0 Å². The molecule has 5 nitrogen and oxygen atoms in total. The molecule has 0 radical (unpaired) electrons. The van der Waals surface area contributed by atoms with Crippen LogP contribution in [0.2, 0.25) is 5.02 Å². The highest BCUT2D eigenvalue weighted by Gasteiger charge is 2.24. The number of amides is 1. The number of likely N-dealkylation sites (tertiary alicyclic amines) is 1. The Kier molecular flexibility index (Phi) is 6.73. The summed E-state index contributed by atoms with van der Waals surface area (Å²) in [7, 11) is 0. The largest absolute Gasteiger partial charge is 0.345 e. The molecule has 1 aromatic carbocycles. The quantitative estimate of drug-likeness (QED) is 0.717. The number of hydrogen-bond donors (Lipinski definition) is 0. The summed E-state index contributed by atoms with van der Waals surface area (Å²) in [5.74, 6) is 1.01. The number of rotatable bonds is 5. The number of hydrogen-bond acceptors (Lipinski definition) is 5. The molecule has 7 heteroatoms. The van der Waals surface area contributed by atoms with Gasteiger partial charge in [-0.15, -0.1) is 11.3 Å². The van der Waals surface area contributed by atoms with E-state index < -0.39 is 0 Å². The minimum absolute atomic E-state index is 0.150. The molecule has 4 rings (SSSR count). The van der Waals surface area contributed by atoms with Crippen molar-refractivity contribution in [2.75, 3.05) is 44.2 Å². The number of thiazole rings is 1. The van der Waals surface area contributed by atoms with E-state index in [1.165, 1.54) is 31.6 Å². The Labute approximate surface area is 182 Å². The first-order valence-corrected chi connectivity index (χ1v) is 11.8. The predicted molar refractivity (Wildman–Crippen MR) is 120 cm³/mol. The van der Waals surface area contributed by atoms with Gasteiger partial charge in [0, 0.05) is 43.1 Å². The molecule has 2 saturated heterocycles. The lowest BCUT2D eigenvalue weighted by molar-refractivity contribution is -0.130. The van der Waals surface area contributed by atoms with Crippen molar-refractivity contribution in [2.24, 2.45) is 5.92 Å². The molecule has 2 aliphatic rings. The Balaban J connectivity index is 1.27. The highest BCUT2D eigenvalue weighted by molar-refractivity contribution is 7.13. The van der Waals surface area contributed by atoms with Crippen LogP contribution in [0.25, 0.3) is 0 Å². The van der Waals surface area contributed by atoms with Gasteiger partial charge in [-0.1, -0.05) is 36.7 Å². The Hall–Kier alpha value is -1.63. The molecule has 2 aromatic rings. The summed E-state index contributed by atoms with van der Waals surface area (Å²) >= 11 is 7.93. The molecule has 0 unspecified atom stereocenters. The fraction of sp³-hybridized carbons (Fsp3) is 0.545. The van der Waals surface area contributed by atoms with E-state index in [-0.39, 0.29) is 5.91 Å². The van der Waals surface area contributed by atoms with Crippen molar-refractivity contribution < 1.29 is 4.79 Å². The van der Waals surface area contributed by atoms with Crippen molar-refractivity contribution in [2.45, 2.75) is 32.7 Å². The van der Waals surface area contributed by atoms with E-state index in [0.717, 1.165) is 49.3 Å². The number of piperazine rings is 1. The van der Waals surface area contributed by atoms with E-state index in [2.05, 4.69) is 22.1 Å². The Morgan fingerprint density at radius 2 is 1.86 bits per heavy atom. The van der Waals surface area contributed by atoms with Gasteiger partial charge >= 0.3 is 0 Å². The molecule has 0 N–H and O–H groups in total. The number of carbonyl (C=O) groups is 1. The van der Waals surface area contributed by atoms with E-state index >= 15 is 0 Å². The summed E-state index contributed by atoms with van der Waals surface area (Å²) in [5.41, 5.74) is 2.08. The molecule has 156 valence electrons. The average Bonchev–Trinajstić information content (AvgIpc) is 3.20. The van der Waals surface area contributed by atoms with Crippen LogP contribution in [0, 0.1) is 5.92 Å². The molecular formula is C22H29ClN4OS. The minimum Gasteiger partial charge on any atom is -0.345 e. The molecule has 2 fully saturated rings. The number of halogens is 1. The van der Waals surface area contributed by atoms with Gasteiger partial charge in [0.25, 0.3) is 0 Å². The lowest BCUT2D eigenvalue weighted by Gasteiger charge is -2.34. The lowest BCUT2D eigenvalue weighted by atomic mass is 9.99. The second kappa shape index (κ2) is 9.45. The van der Waals surface area contributed by atoms with Gasteiger partial charge in [0.05, 0.1) is 12.1 Å². The summed E-state index contributed by atoms with van der Waals surface area (Å²) in [6, 6.07) is 7.59. The molecule has 0 atom stereocenters. The number of anilines is 1. The third-order valence-electron chi connectivity index (χ3n) is 6.00. The number of nitrogens with zero attached hydrogens (tertiary/aromatic N) is 4. The van der Waals surface area contributed by atoms with Crippen LogP contribution < -0.4 is 4.90 Å². The fourth-order valence-corrected chi connectivity index (χ4v) is 5.10. The first kappa shape index (κ1) is 20.6. The maximum atomic E-state index is 12.6. The van der Waals surface area contributed by atoms with Crippen molar-refractivity contribution >= 4 is 34.0 Å². The molecule has 0 aliphatic carbocycles. The van der Waals surface area contributed by atoms with Crippen molar-refractivity contribution in [3.63, 3.8) is 0 Å². The summed E-state index contributed by atoms with van der Waals surface area (Å²) < 4.78 is 0. The van der Waals surface area contributed by atoms with E-state index in [1.807, 2.05) is 29.2 Å². The molecule has 0 saturated carbocycles. The molecular weight excluding hydrogens is 404 g/mol. The van der Waals surface area contributed by atoms with Crippen molar-refractivity contribution in [1.82, 2.24) is 14.8 Å². The van der Waals surface area contributed by atoms with E-state index in [4.69, 9.17) is 16.6 Å². The smallest absolute Gasteiger partial charge is 0.227 e. The zero-order chi connectivity index (χ0) is 20.2. The maximum absolute atomic E-state index is 12.6. The Morgan fingerprint density at radius 1 is 1.14 bits per heavy atom. The fourth-order valence-electron chi connectivity index (χ4n) is 4.03. The first-order chi connectivity index (χ1) is 14.1. The van der Waals surface area contributed by atoms with Crippen LogP contribution in [0.4, 0.5) is 5.13 Å². The molecule has 3 heterocycles. The summed E-state index contributed by atoms with van der Waals surface area (Å²) in [6.45, 7) is 8.81. The Morgan fingerprint density at radius 3 is 2.59 bits per heavy atom. The van der Waals surface area contributed by atoms with Gasteiger partial charge in [-0.2, -0.15) is 0 Å². The number of piperidine rings is 1. The highest BCUT2D eigenvalue weighted by Crippen LogP contribution is 2.25. The standard InChI is InChI=1S/C22H29ClN4OS/c1-17-6-8-25(9-7-17)15-19-16-29-22(24-19)27-12-10-26(11-13-27)21(28)14-18-4-2-3-5-20(18)23/h2-5,16-17H,6-15H2,1H3. The van der Waals surface area contributed by atoms with Crippen LogP contribution in [0.3, 0.4) is 0 Å². The van der Waals surface area contributed by atoms with Crippen LogP contribution in [0.15, 0.2) is 29.6 Å². The van der Waals surface area contributed by atoms with Gasteiger partial charge in [-0.05, 0) is 43.5 Å². The molecule has 2 aliphatic heterocycles. The summed E-state index contributed by atoms with van der Waals surface area (Å²) in [4.78, 5) is 24.3. The Bertz CT molecular complexity index is 826. The summed E-state index contributed by atoms with van der Waals surface area (Å²) in [5, 5.41) is 3.95. The van der Waals surface area contributed by atoms with Crippen molar-refractivity contribution in [3.8, 4) is 0 Å². The van der Waals surface area contributed by atoms with Crippen molar-refractivity contribution in [1.29, 1.82) is 0 Å². The molecule has 1 aromatic heterocycles. The van der Waals surface area contributed by atoms with Crippen molar-refractivity contribution in [3.05, 3.63) is 45.9 Å². The number of benzene rings is 1. The monoisotopic (exact) mass is 432 g/mol. The second-order valence-corrected chi connectivity index (χ2v) is 9.46. The normalized spacial score (nSPS) is 19.0.